The second-order valence-corrected chi connectivity index (χ2v) is 12.0. The van der Waals surface area contributed by atoms with Crippen molar-refractivity contribution in [3.05, 3.63) is 64.7 Å². The van der Waals surface area contributed by atoms with E-state index in [1.165, 1.54) is 33.5 Å². The second-order valence-electron chi connectivity index (χ2n) is 11.0. The molecular weight excluding hydrogens is 398 g/mol. The molecule has 166 valence electrons. The molecule has 1 N–H and O–H groups in total. The lowest BCUT2D eigenvalue weighted by Gasteiger charge is -2.28. The third-order valence-corrected chi connectivity index (χ3v) is 6.19. The molecule has 0 radical (unpaired) electrons. The number of thioether (sulfide) groups is 1. The average Bonchev–Trinajstić information content (AvgIpc) is 3.15. The van der Waals surface area contributed by atoms with Crippen molar-refractivity contribution in [1.82, 2.24) is 15.0 Å². The maximum Gasteiger partial charge on any atom is 0.165 e. The zero-order valence-corrected chi connectivity index (χ0v) is 21.2. The molecule has 0 aliphatic rings. The summed E-state index contributed by atoms with van der Waals surface area (Å²) in [5.74, 6) is 0.850. The van der Waals surface area contributed by atoms with Crippen molar-refractivity contribution in [1.29, 1.82) is 0 Å². The van der Waals surface area contributed by atoms with Crippen LogP contribution in [0.1, 0.15) is 69.6 Å². The smallest absolute Gasteiger partial charge is 0.165 e. The number of hydrogen-bond acceptors (Lipinski definition) is 3. The number of aromatic nitrogens is 3. The molecule has 0 bridgehead atoms. The molecule has 0 amide bonds. The minimum Gasteiger partial charge on any atom is -0.340 e. The van der Waals surface area contributed by atoms with Crippen LogP contribution in [0, 0.1) is 24.7 Å². The van der Waals surface area contributed by atoms with E-state index in [-0.39, 0.29) is 10.8 Å². The summed E-state index contributed by atoms with van der Waals surface area (Å²) in [6, 6.07) is 8.99. The molecule has 3 rings (SSSR count). The van der Waals surface area contributed by atoms with Crippen LogP contribution in [0.2, 0.25) is 0 Å². The van der Waals surface area contributed by atoms with Crippen LogP contribution in [0.4, 0.5) is 0 Å². The summed E-state index contributed by atoms with van der Waals surface area (Å²) in [5, 5.41) is 0.949. The van der Waals surface area contributed by atoms with Crippen molar-refractivity contribution >= 4 is 11.8 Å². The molecule has 0 unspecified atom stereocenters. The Morgan fingerprint density at radius 3 is 2.06 bits per heavy atom. The molecule has 0 aliphatic carbocycles. The van der Waals surface area contributed by atoms with Gasteiger partial charge in [0.05, 0.1) is 0 Å². The van der Waals surface area contributed by atoms with Gasteiger partial charge in [-0.25, -0.2) is 4.98 Å². The topological polar surface area (TPSA) is 41.6 Å². The van der Waals surface area contributed by atoms with E-state index in [1.54, 1.807) is 11.8 Å². The SMILES string of the molecule is Cc1ccc(-c2c(CSc3ncc[nH]3)c(C)nc(CC(C)(C)C)c2CC(C)(C)C)cc1. The molecule has 0 aliphatic heterocycles. The molecule has 1 aromatic carbocycles. The van der Waals surface area contributed by atoms with Gasteiger partial charge in [-0.15, -0.1) is 0 Å². The Balaban J connectivity index is 2.22. The summed E-state index contributed by atoms with van der Waals surface area (Å²) in [6.45, 7) is 18.2. The van der Waals surface area contributed by atoms with Crippen molar-refractivity contribution in [2.24, 2.45) is 10.8 Å². The quantitative estimate of drug-likeness (QED) is 0.406. The van der Waals surface area contributed by atoms with Gasteiger partial charge in [0.15, 0.2) is 5.16 Å². The van der Waals surface area contributed by atoms with Crippen molar-refractivity contribution in [3.8, 4) is 11.1 Å². The summed E-state index contributed by atoms with van der Waals surface area (Å²) in [6.07, 6.45) is 5.68. The van der Waals surface area contributed by atoms with Gasteiger partial charge in [0.25, 0.3) is 0 Å². The number of imidazole rings is 1. The van der Waals surface area contributed by atoms with Crippen LogP contribution in [-0.4, -0.2) is 15.0 Å². The first kappa shape index (κ1) is 23.6. The van der Waals surface area contributed by atoms with Crippen LogP contribution >= 0.6 is 11.8 Å². The Kier molecular flexibility index (Phi) is 7.00. The molecule has 0 fully saturated rings. The number of H-pyrrole nitrogens is 1. The monoisotopic (exact) mass is 435 g/mol. The van der Waals surface area contributed by atoms with Crippen molar-refractivity contribution in [2.45, 2.75) is 79.1 Å². The van der Waals surface area contributed by atoms with E-state index >= 15 is 0 Å². The molecule has 0 saturated heterocycles. The summed E-state index contributed by atoms with van der Waals surface area (Å²) in [4.78, 5) is 12.8. The Morgan fingerprint density at radius 1 is 0.871 bits per heavy atom. The van der Waals surface area contributed by atoms with Crippen LogP contribution in [0.3, 0.4) is 0 Å². The lowest BCUT2D eigenvalue weighted by Crippen LogP contribution is -2.19. The third-order valence-electron chi connectivity index (χ3n) is 5.26. The summed E-state index contributed by atoms with van der Waals surface area (Å²) in [7, 11) is 0. The average molecular weight is 436 g/mol. The van der Waals surface area contributed by atoms with Gasteiger partial charge in [-0.1, -0.05) is 83.1 Å². The largest absolute Gasteiger partial charge is 0.340 e. The van der Waals surface area contributed by atoms with Gasteiger partial charge < -0.3 is 4.98 Å². The molecule has 4 heteroatoms. The van der Waals surface area contributed by atoms with Gasteiger partial charge in [0, 0.05) is 29.5 Å². The van der Waals surface area contributed by atoms with Gasteiger partial charge in [0.1, 0.15) is 0 Å². The minimum absolute atomic E-state index is 0.175. The number of rotatable bonds is 6. The zero-order chi connectivity index (χ0) is 22.8. The van der Waals surface area contributed by atoms with Crippen molar-refractivity contribution in [2.75, 3.05) is 0 Å². The highest BCUT2D eigenvalue weighted by molar-refractivity contribution is 7.98. The second kappa shape index (κ2) is 9.20. The molecular formula is C27H37N3S. The number of pyridine rings is 1. The van der Waals surface area contributed by atoms with E-state index in [1.807, 2.05) is 12.4 Å². The molecule has 0 spiro atoms. The van der Waals surface area contributed by atoms with Crippen LogP contribution in [0.15, 0.2) is 41.8 Å². The van der Waals surface area contributed by atoms with Crippen LogP contribution in [0.25, 0.3) is 11.1 Å². The van der Waals surface area contributed by atoms with Gasteiger partial charge in [-0.2, -0.15) is 0 Å². The predicted octanol–water partition coefficient (Wildman–Crippen LogP) is 7.56. The first-order valence-electron chi connectivity index (χ1n) is 11.1. The van der Waals surface area contributed by atoms with Crippen LogP contribution < -0.4 is 0 Å². The van der Waals surface area contributed by atoms with E-state index in [9.17, 15) is 0 Å². The number of nitrogens with one attached hydrogen (secondary N) is 1. The highest BCUT2D eigenvalue weighted by atomic mass is 32.2. The third kappa shape index (κ3) is 6.46. The van der Waals surface area contributed by atoms with E-state index in [4.69, 9.17) is 4.98 Å². The van der Waals surface area contributed by atoms with Crippen LogP contribution in [-0.2, 0) is 18.6 Å². The molecule has 3 nitrogen and oxygen atoms in total. The molecule has 0 saturated carbocycles. The van der Waals surface area contributed by atoms with E-state index in [0.29, 0.717) is 0 Å². The molecule has 0 atom stereocenters. The Labute approximate surface area is 192 Å². The zero-order valence-electron chi connectivity index (χ0n) is 20.4. The first-order valence-corrected chi connectivity index (χ1v) is 12.1. The van der Waals surface area contributed by atoms with Gasteiger partial charge in [0.2, 0.25) is 0 Å². The van der Waals surface area contributed by atoms with Gasteiger partial charge in [-0.3, -0.25) is 4.98 Å². The fraction of sp³-hybridized carbons (Fsp3) is 0.481. The van der Waals surface area contributed by atoms with Gasteiger partial charge in [-0.05, 0) is 59.8 Å². The maximum absolute atomic E-state index is 5.20. The summed E-state index contributed by atoms with van der Waals surface area (Å²) < 4.78 is 0. The fourth-order valence-electron chi connectivity index (χ4n) is 3.93. The summed E-state index contributed by atoms with van der Waals surface area (Å²) in [5.41, 5.74) is 9.42. The predicted molar refractivity (Wildman–Crippen MR) is 134 cm³/mol. The molecule has 2 heterocycles. The normalized spacial score (nSPS) is 12.4. The Hall–Kier alpha value is -2.07. The van der Waals surface area contributed by atoms with E-state index < -0.39 is 0 Å². The highest BCUT2D eigenvalue weighted by Gasteiger charge is 2.26. The lowest BCUT2D eigenvalue weighted by molar-refractivity contribution is 0.388. The minimum atomic E-state index is 0.175. The number of hydrogen-bond donors (Lipinski definition) is 1. The van der Waals surface area contributed by atoms with E-state index in [2.05, 4.69) is 89.6 Å². The standard InChI is InChI=1S/C27H37N3S/c1-18-9-11-20(12-10-18)24-21(15-26(3,4)5)23(16-27(6,7)8)30-19(2)22(24)17-31-25-28-13-14-29-25/h9-14H,15-17H2,1-8H3,(H,28,29). The number of nitrogens with zero attached hydrogens (tertiary/aromatic N) is 2. The van der Waals surface area contributed by atoms with Crippen LogP contribution in [0.5, 0.6) is 0 Å². The maximum atomic E-state index is 5.20. The van der Waals surface area contributed by atoms with E-state index in [0.717, 1.165) is 29.4 Å². The number of benzene rings is 1. The van der Waals surface area contributed by atoms with Crippen molar-refractivity contribution < 1.29 is 0 Å². The highest BCUT2D eigenvalue weighted by Crippen LogP contribution is 2.39. The summed E-state index contributed by atoms with van der Waals surface area (Å²) >= 11 is 1.75. The molecule has 2 aromatic heterocycles. The molecule has 31 heavy (non-hydrogen) atoms. The Bertz CT molecular complexity index is 1000. The number of aromatic amines is 1. The number of aryl methyl sites for hydroxylation is 2. The fourth-order valence-corrected chi connectivity index (χ4v) is 4.85. The van der Waals surface area contributed by atoms with Crippen molar-refractivity contribution in [3.63, 3.8) is 0 Å². The first-order chi connectivity index (χ1) is 14.4. The Morgan fingerprint density at radius 2 is 1.52 bits per heavy atom. The molecule has 3 aromatic rings. The van der Waals surface area contributed by atoms with Gasteiger partial charge >= 0.3 is 0 Å². The lowest BCUT2D eigenvalue weighted by atomic mass is 9.79.